The molecule has 3 atom stereocenters. The van der Waals surface area contributed by atoms with Crippen molar-refractivity contribution in [3.05, 3.63) is 74.1 Å². The summed E-state index contributed by atoms with van der Waals surface area (Å²) in [6, 6.07) is 11.2. The summed E-state index contributed by atoms with van der Waals surface area (Å²) < 4.78 is 11.7. The molecule has 0 bridgehead atoms. The summed E-state index contributed by atoms with van der Waals surface area (Å²) in [5.41, 5.74) is 3.10. The molecule has 1 N–H and O–H groups in total. The van der Waals surface area contributed by atoms with E-state index in [0.717, 1.165) is 72.6 Å². The highest BCUT2D eigenvalue weighted by atomic mass is 35.5. The van der Waals surface area contributed by atoms with Crippen molar-refractivity contribution < 1.29 is 19.1 Å². The third kappa shape index (κ3) is 4.24. The Labute approximate surface area is 221 Å². The molecular weight excluding hydrogens is 490 g/mol. The molecule has 1 aromatic heterocycles. The number of aliphatic hydroxyl groups is 1. The van der Waals surface area contributed by atoms with Crippen LogP contribution in [0.2, 0.25) is 5.02 Å². The van der Waals surface area contributed by atoms with Gasteiger partial charge in [0.15, 0.2) is 6.61 Å². The van der Waals surface area contributed by atoms with Gasteiger partial charge in [0, 0.05) is 34.0 Å². The molecule has 1 aliphatic heterocycles. The summed E-state index contributed by atoms with van der Waals surface area (Å²) in [6.07, 6.45) is 6.88. The van der Waals surface area contributed by atoms with E-state index in [-0.39, 0.29) is 30.1 Å². The van der Waals surface area contributed by atoms with Crippen molar-refractivity contribution in [1.82, 2.24) is 4.90 Å². The molecule has 0 unspecified atom stereocenters. The van der Waals surface area contributed by atoms with Gasteiger partial charge in [0.25, 0.3) is 5.91 Å². The van der Waals surface area contributed by atoms with Crippen molar-refractivity contribution >= 4 is 28.5 Å². The molecule has 0 spiro atoms. The predicted octanol–water partition coefficient (Wildman–Crippen LogP) is 5.52. The lowest BCUT2D eigenvalue weighted by molar-refractivity contribution is -0.157. The fourth-order valence-electron chi connectivity index (χ4n) is 6.88. The van der Waals surface area contributed by atoms with Crippen LogP contribution < -0.4 is 10.4 Å². The minimum Gasteiger partial charge on any atom is -0.483 e. The van der Waals surface area contributed by atoms with Gasteiger partial charge in [-0.25, -0.2) is 4.79 Å². The number of hydrogen-bond acceptors (Lipinski definition) is 5. The van der Waals surface area contributed by atoms with E-state index in [2.05, 4.69) is 0 Å². The quantitative estimate of drug-likeness (QED) is 0.457. The van der Waals surface area contributed by atoms with Crippen LogP contribution in [-0.4, -0.2) is 34.7 Å². The first-order valence-corrected chi connectivity index (χ1v) is 13.7. The molecule has 194 valence electrons. The number of rotatable bonds is 4. The lowest BCUT2D eigenvalue weighted by atomic mass is 9.66. The fraction of sp³-hybridized carbons (Fsp3) is 0.467. The molecule has 2 fully saturated rings. The zero-order valence-electron chi connectivity index (χ0n) is 21.1. The summed E-state index contributed by atoms with van der Waals surface area (Å²) in [6.45, 7) is 2.21. The van der Waals surface area contributed by atoms with Gasteiger partial charge in [-0.3, -0.25) is 4.79 Å². The number of aryl methyl sites for hydroxylation is 2. The van der Waals surface area contributed by atoms with Gasteiger partial charge in [0.1, 0.15) is 11.3 Å². The molecule has 3 aromatic rings. The van der Waals surface area contributed by atoms with Crippen molar-refractivity contribution in [3.63, 3.8) is 0 Å². The number of likely N-dealkylation sites (tertiary alicyclic amines) is 1. The minimum atomic E-state index is -0.757. The van der Waals surface area contributed by atoms with Crippen molar-refractivity contribution in [1.29, 1.82) is 0 Å². The average Bonchev–Trinajstić information content (AvgIpc) is 3.39. The van der Waals surface area contributed by atoms with Crippen LogP contribution in [0.25, 0.3) is 11.0 Å². The zero-order chi connectivity index (χ0) is 25.7. The Morgan fingerprint density at radius 1 is 1.11 bits per heavy atom. The number of carbonyl (C=O) groups is 1. The van der Waals surface area contributed by atoms with Gasteiger partial charge in [-0.15, -0.1) is 0 Å². The van der Waals surface area contributed by atoms with Crippen molar-refractivity contribution in [3.8, 4) is 5.75 Å². The number of ether oxygens (including phenoxy) is 1. The van der Waals surface area contributed by atoms with Gasteiger partial charge in [-0.05, 0) is 80.8 Å². The Morgan fingerprint density at radius 3 is 2.70 bits per heavy atom. The van der Waals surface area contributed by atoms with E-state index >= 15 is 0 Å². The molecule has 1 saturated carbocycles. The number of carbonyl (C=O) groups excluding carboxylic acids is 1. The second kappa shape index (κ2) is 9.48. The number of hydrogen-bond donors (Lipinski definition) is 1. The van der Waals surface area contributed by atoms with E-state index in [4.69, 9.17) is 20.8 Å². The third-order valence-corrected chi connectivity index (χ3v) is 9.04. The van der Waals surface area contributed by atoms with Gasteiger partial charge >= 0.3 is 5.63 Å². The van der Waals surface area contributed by atoms with Crippen LogP contribution in [0.4, 0.5) is 0 Å². The van der Waals surface area contributed by atoms with Crippen LogP contribution in [0.3, 0.4) is 0 Å². The highest BCUT2D eigenvalue weighted by molar-refractivity contribution is 6.30. The van der Waals surface area contributed by atoms with Crippen LogP contribution in [0.5, 0.6) is 5.75 Å². The van der Waals surface area contributed by atoms with E-state index in [1.807, 2.05) is 48.2 Å². The molecule has 2 heterocycles. The van der Waals surface area contributed by atoms with Crippen LogP contribution in [0.1, 0.15) is 66.8 Å². The summed E-state index contributed by atoms with van der Waals surface area (Å²) in [4.78, 5) is 28.0. The summed E-state index contributed by atoms with van der Waals surface area (Å²) in [7, 11) is 0. The minimum absolute atomic E-state index is 0.0288. The van der Waals surface area contributed by atoms with Crippen LogP contribution in [0, 0.1) is 12.8 Å². The Morgan fingerprint density at radius 2 is 1.89 bits per heavy atom. The molecule has 1 amide bonds. The molecule has 7 heteroatoms. The van der Waals surface area contributed by atoms with E-state index in [9.17, 15) is 14.7 Å². The van der Waals surface area contributed by atoms with E-state index < -0.39 is 5.60 Å². The maximum atomic E-state index is 13.6. The molecule has 2 aromatic carbocycles. The first kappa shape index (κ1) is 24.5. The summed E-state index contributed by atoms with van der Waals surface area (Å²) >= 11 is 6.15. The van der Waals surface area contributed by atoms with E-state index in [1.165, 1.54) is 0 Å². The lowest BCUT2D eigenvalue weighted by Gasteiger charge is -2.52. The van der Waals surface area contributed by atoms with Crippen molar-refractivity contribution in [2.45, 2.75) is 69.9 Å². The molecule has 6 rings (SSSR count). The zero-order valence-corrected chi connectivity index (χ0v) is 21.9. The number of piperidine rings is 1. The summed E-state index contributed by atoms with van der Waals surface area (Å²) in [5.74, 6) is 0.387. The van der Waals surface area contributed by atoms with Gasteiger partial charge in [0.05, 0.1) is 11.6 Å². The Hall–Kier alpha value is -2.83. The Kier molecular flexibility index (Phi) is 6.28. The number of halogens is 1. The topological polar surface area (TPSA) is 80.0 Å². The average molecular weight is 522 g/mol. The molecule has 0 radical (unpaired) electrons. The summed E-state index contributed by atoms with van der Waals surface area (Å²) in [5, 5.41) is 13.1. The van der Waals surface area contributed by atoms with Crippen LogP contribution in [0.15, 0.2) is 45.6 Å². The van der Waals surface area contributed by atoms with Gasteiger partial charge in [-0.1, -0.05) is 36.6 Å². The smallest absolute Gasteiger partial charge is 0.339 e. The highest BCUT2D eigenvalue weighted by Gasteiger charge is 2.50. The van der Waals surface area contributed by atoms with Gasteiger partial charge < -0.3 is 19.2 Å². The molecule has 6 nitrogen and oxygen atoms in total. The van der Waals surface area contributed by atoms with Crippen LogP contribution in [-0.2, 0) is 17.6 Å². The second-order valence-corrected chi connectivity index (χ2v) is 11.3. The van der Waals surface area contributed by atoms with E-state index in [0.29, 0.717) is 29.3 Å². The maximum Gasteiger partial charge on any atom is 0.339 e. The first-order valence-electron chi connectivity index (χ1n) is 13.3. The normalized spacial score (nSPS) is 25.1. The van der Waals surface area contributed by atoms with Crippen LogP contribution >= 0.6 is 11.6 Å². The number of nitrogens with zero attached hydrogens (tertiary/aromatic N) is 1. The molecular formula is C30H32ClNO5. The number of fused-ring (bicyclic) bond motifs is 4. The number of benzene rings is 2. The Balaban J connectivity index is 1.27. The first-order chi connectivity index (χ1) is 17.9. The fourth-order valence-corrected chi connectivity index (χ4v) is 7.00. The largest absolute Gasteiger partial charge is 0.483 e. The Bertz CT molecular complexity index is 1410. The molecule has 2 aliphatic carbocycles. The molecule has 3 aliphatic rings. The number of amides is 1. The third-order valence-electron chi connectivity index (χ3n) is 8.79. The maximum absolute atomic E-state index is 13.6. The van der Waals surface area contributed by atoms with Gasteiger partial charge in [0.2, 0.25) is 0 Å². The second-order valence-electron chi connectivity index (χ2n) is 10.8. The van der Waals surface area contributed by atoms with Crippen molar-refractivity contribution in [2.24, 2.45) is 5.92 Å². The predicted molar refractivity (Wildman–Crippen MR) is 142 cm³/mol. The molecule has 37 heavy (non-hydrogen) atoms. The van der Waals surface area contributed by atoms with Crippen molar-refractivity contribution in [2.75, 3.05) is 13.2 Å². The SMILES string of the molecule is Cc1c(OCC(=O)N2CC[C@]3(O)CCCC[C@@H]3[C@@H]2c2ccc(Cl)cc2)ccc2c3c(c(=O)oc12)CCC3. The van der Waals surface area contributed by atoms with Gasteiger partial charge in [-0.2, -0.15) is 0 Å². The monoisotopic (exact) mass is 521 g/mol. The standard InChI is InChI=1S/C30H32ClNO5/c1-18-25(13-12-22-21-5-4-6-23(21)29(34)37-28(18)22)36-17-26(33)32-16-15-30(35)14-3-2-7-24(30)27(32)19-8-10-20(31)11-9-19/h8-13,24,27,35H,2-7,14-17H2,1H3/t24-,27+,30-/m1/s1. The van der Waals surface area contributed by atoms with E-state index in [1.54, 1.807) is 0 Å². The highest BCUT2D eigenvalue weighted by Crippen LogP contribution is 2.49. The lowest BCUT2D eigenvalue weighted by Crippen LogP contribution is -2.56. The molecule has 1 saturated heterocycles.